The molecule has 7 aromatic carbocycles. The maximum Gasteiger partial charge on any atom is 0.164 e. The fourth-order valence-electron chi connectivity index (χ4n) is 7.69. The highest BCUT2D eigenvalue weighted by molar-refractivity contribution is 6.38. The molecule has 4 heterocycles. The van der Waals surface area contributed by atoms with Crippen LogP contribution in [0.5, 0.6) is 0 Å². The van der Waals surface area contributed by atoms with E-state index in [4.69, 9.17) is 23.8 Å². The first-order valence-corrected chi connectivity index (χ1v) is 17.3. The highest BCUT2D eigenvalue weighted by atomic mass is 16.3. The summed E-state index contributed by atoms with van der Waals surface area (Å²) in [4.78, 5) is 14.7. The summed E-state index contributed by atoms with van der Waals surface area (Å²) >= 11 is 0. The molecule has 0 aliphatic carbocycles. The van der Waals surface area contributed by atoms with Gasteiger partial charge < -0.3 is 13.4 Å². The average Bonchev–Trinajstić information content (AvgIpc) is 3.91. The number of hydrogen-bond donors (Lipinski definition) is 0. The van der Waals surface area contributed by atoms with Crippen LogP contribution in [-0.2, 0) is 0 Å². The smallest absolute Gasteiger partial charge is 0.164 e. The van der Waals surface area contributed by atoms with Gasteiger partial charge in [-0.05, 0) is 66.7 Å². The van der Waals surface area contributed by atoms with E-state index in [0.717, 1.165) is 88.1 Å². The van der Waals surface area contributed by atoms with Gasteiger partial charge in [0.2, 0.25) is 0 Å². The second-order valence-corrected chi connectivity index (χ2v) is 13.1. The van der Waals surface area contributed by atoms with Crippen LogP contribution in [0.4, 0.5) is 0 Å². The van der Waals surface area contributed by atoms with Crippen molar-refractivity contribution >= 4 is 65.7 Å². The summed E-state index contributed by atoms with van der Waals surface area (Å²) in [6.45, 7) is 0. The van der Waals surface area contributed by atoms with Crippen LogP contribution in [0.15, 0.2) is 160 Å². The number of nitriles is 1. The molecule has 11 aromatic rings. The van der Waals surface area contributed by atoms with Crippen molar-refractivity contribution in [3.8, 4) is 45.9 Å². The number of furan rings is 2. The molecular weight excluding hydrogens is 655 g/mol. The molecule has 0 spiro atoms. The lowest BCUT2D eigenvalue weighted by atomic mass is 10.0. The van der Waals surface area contributed by atoms with E-state index in [1.807, 2.05) is 72.8 Å². The summed E-state index contributed by atoms with van der Waals surface area (Å²) in [5.74, 6) is 1.66. The molecule has 7 heteroatoms. The molecule has 0 unspecified atom stereocenters. The van der Waals surface area contributed by atoms with Crippen LogP contribution in [0.2, 0.25) is 0 Å². The van der Waals surface area contributed by atoms with Crippen LogP contribution < -0.4 is 0 Å². The number of hydrogen-bond acceptors (Lipinski definition) is 6. The van der Waals surface area contributed by atoms with E-state index < -0.39 is 0 Å². The van der Waals surface area contributed by atoms with Gasteiger partial charge in [-0.3, -0.25) is 0 Å². The summed E-state index contributed by atoms with van der Waals surface area (Å²) in [5.41, 5.74) is 9.41. The van der Waals surface area contributed by atoms with Crippen LogP contribution in [0.25, 0.3) is 106 Å². The Balaban J connectivity index is 1.16. The Labute approximate surface area is 301 Å². The second kappa shape index (κ2) is 11.2. The highest BCUT2D eigenvalue weighted by Gasteiger charge is 2.26. The Morgan fingerprint density at radius 1 is 0.453 bits per heavy atom. The summed E-state index contributed by atoms with van der Waals surface area (Å²) in [6, 6.07) is 52.6. The lowest BCUT2D eigenvalue weighted by Gasteiger charge is -2.11. The van der Waals surface area contributed by atoms with Crippen molar-refractivity contribution in [2.24, 2.45) is 0 Å². The largest absolute Gasteiger partial charge is 0.455 e. The van der Waals surface area contributed by atoms with Crippen LogP contribution >= 0.6 is 0 Å². The van der Waals surface area contributed by atoms with Crippen molar-refractivity contribution in [3.05, 3.63) is 157 Å². The van der Waals surface area contributed by atoms with Crippen molar-refractivity contribution in [2.45, 2.75) is 0 Å². The molecular formula is C46H25N5O2. The van der Waals surface area contributed by atoms with E-state index in [-0.39, 0.29) is 0 Å². The number of para-hydroxylation sites is 3. The van der Waals surface area contributed by atoms with Crippen LogP contribution in [0.3, 0.4) is 0 Å². The number of nitrogens with zero attached hydrogens (tertiary/aromatic N) is 5. The van der Waals surface area contributed by atoms with Crippen molar-refractivity contribution in [3.63, 3.8) is 0 Å². The van der Waals surface area contributed by atoms with Crippen molar-refractivity contribution in [1.29, 1.82) is 5.26 Å². The first-order valence-electron chi connectivity index (χ1n) is 17.3. The minimum Gasteiger partial charge on any atom is -0.455 e. The van der Waals surface area contributed by atoms with E-state index in [1.165, 1.54) is 0 Å². The minimum atomic E-state index is 0.536. The standard InChI is InChI=1S/C46H25N5O2/c47-26-27-18-20-29(21-19-27)45-48-44(28-10-2-1-3-11-28)49-46(50-45)30-22-24-31(25-23-30)51-35-15-7-4-12-32(35)38-39-33-13-5-8-16-36(33)52-42(39)40-34-14-6-9-17-37(34)53-43(40)41(38)51/h1-25H. The molecule has 0 aliphatic heterocycles. The fraction of sp³-hybridized carbons (Fsp3) is 0. The number of rotatable bonds is 4. The predicted molar refractivity (Wildman–Crippen MR) is 210 cm³/mol. The topological polar surface area (TPSA) is 93.7 Å². The fourth-order valence-corrected chi connectivity index (χ4v) is 7.69. The van der Waals surface area contributed by atoms with Crippen LogP contribution in [0.1, 0.15) is 5.56 Å². The molecule has 0 radical (unpaired) electrons. The summed E-state index contributed by atoms with van der Waals surface area (Å²) in [7, 11) is 0. The number of fused-ring (bicyclic) bond motifs is 12. The molecule has 0 amide bonds. The van der Waals surface area contributed by atoms with E-state index >= 15 is 0 Å². The van der Waals surface area contributed by atoms with Crippen LogP contribution in [0, 0.1) is 11.3 Å². The number of benzene rings is 7. The summed E-state index contributed by atoms with van der Waals surface area (Å²) in [6.07, 6.45) is 0. The molecule has 0 aliphatic rings. The van der Waals surface area contributed by atoms with Crippen molar-refractivity contribution in [1.82, 2.24) is 19.5 Å². The summed E-state index contributed by atoms with van der Waals surface area (Å²) < 4.78 is 15.7. The van der Waals surface area contributed by atoms with Crippen molar-refractivity contribution in [2.75, 3.05) is 0 Å². The van der Waals surface area contributed by atoms with Gasteiger partial charge in [-0.25, -0.2) is 15.0 Å². The van der Waals surface area contributed by atoms with E-state index in [0.29, 0.717) is 23.0 Å². The Hall–Kier alpha value is -7.56. The highest BCUT2D eigenvalue weighted by Crippen LogP contribution is 2.48. The molecule has 246 valence electrons. The van der Waals surface area contributed by atoms with Gasteiger partial charge in [-0.2, -0.15) is 5.26 Å². The van der Waals surface area contributed by atoms with Gasteiger partial charge in [-0.1, -0.05) is 84.9 Å². The Morgan fingerprint density at radius 2 is 0.962 bits per heavy atom. The van der Waals surface area contributed by atoms with Gasteiger partial charge in [0.25, 0.3) is 0 Å². The number of aromatic nitrogens is 4. The molecule has 0 N–H and O–H groups in total. The molecule has 0 saturated carbocycles. The first kappa shape index (κ1) is 29.2. The van der Waals surface area contributed by atoms with Gasteiger partial charge in [0.15, 0.2) is 23.1 Å². The first-order chi connectivity index (χ1) is 26.2. The SMILES string of the molecule is N#Cc1ccc(-c2nc(-c3ccccc3)nc(-c3ccc(-n4c5ccccc5c5c6c7ccccc7oc6c6c7ccccc7oc6c54)cc3)n2)cc1. The Kier molecular flexibility index (Phi) is 6.18. The van der Waals surface area contributed by atoms with Gasteiger partial charge in [0, 0.05) is 49.3 Å². The third-order valence-corrected chi connectivity index (χ3v) is 10.1. The Bertz CT molecular complexity index is 3280. The van der Waals surface area contributed by atoms with Gasteiger partial charge in [0.1, 0.15) is 16.7 Å². The average molecular weight is 680 g/mol. The maximum absolute atomic E-state index is 9.35. The molecule has 7 nitrogen and oxygen atoms in total. The molecule has 0 fully saturated rings. The van der Waals surface area contributed by atoms with Gasteiger partial charge in [0.05, 0.1) is 28.1 Å². The zero-order valence-corrected chi connectivity index (χ0v) is 28.0. The molecule has 0 saturated heterocycles. The van der Waals surface area contributed by atoms with E-state index in [2.05, 4.69) is 77.4 Å². The van der Waals surface area contributed by atoms with Gasteiger partial charge >= 0.3 is 0 Å². The van der Waals surface area contributed by atoms with Crippen LogP contribution in [-0.4, -0.2) is 19.5 Å². The molecule has 11 rings (SSSR count). The molecule has 0 atom stereocenters. The third-order valence-electron chi connectivity index (χ3n) is 10.1. The normalized spacial score (nSPS) is 11.8. The minimum absolute atomic E-state index is 0.536. The molecule has 53 heavy (non-hydrogen) atoms. The monoisotopic (exact) mass is 679 g/mol. The van der Waals surface area contributed by atoms with Crippen molar-refractivity contribution < 1.29 is 8.83 Å². The van der Waals surface area contributed by atoms with Gasteiger partial charge in [-0.15, -0.1) is 0 Å². The third kappa shape index (κ3) is 4.36. The molecule has 0 bridgehead atoms. The quantitative estimate of drug-likeness (QED) is 0.184. The lowest BCUT2D eigenvalue weighted by molar-refractivity contribution is 0.664. The Morgan fingerprint density at radius 3 is 1.60 bits per heavy atom. The second-order valence-electron chi connectivity index (χ2n) is 13.1. The molecule has 4 aromatic heterocycles. The maximum atomic E-state index is 9.35. The zero-order valence-electron chi connectivity index (χ0n) is 28.0. The predicted octanol–water partition coefficient (Wildman–Crippen LogP) is 11.6. The van der Waals surface area contributed by atoms with E-state index in [1.54, 1.807) is 12.1 Å². The van der Waals surface area contributed by atoms with E-state index in [9.17, 15) is 5.26 Å². The zero-order chi connectivity index (χ0) is 35.0. The summed E-state index contributed by atoms with van der Waals surface area (Å²) in [5, 5.41) is 15.7. The lowest BCUT2D eigenvalue weighted by Crippen LogP contribution is -2.00.